The van der Waals surface area contributed by atoms with E-state index in [4.69, 9.17) is 4.74 Å². The molecule has 2 fully saturated rings. The summed E-state index contributed by atoms with van der Waals surface area (Å²) in [4.78, 5) is 16.5. The number of hydrogen-bond donors (Lipinski definition) is 1. The number of piperidine rings is 1. The number of nitrogens with zero attached hydrogens (tertiary/aromatic N) is 2. The standard InChI is InChI=1S/C19H28N2O3/c1-20(15-6-4-3-5-7-15)16-8-10-21(11-9-16)17-12-14(13-18(17)22)19(23)24-2/h3-7,14,16-18,22H,8-13H2,1-2H3/t14-,17+,18-/m1/s1. The zero-order chi connectivity index (χ0) is 17.1. The molecule has 0 unspecified atom stereocenters. The third-order valence-corrected chi connectivity index (χ3v) is 5.71. The largest absolute Gasteiger partial charge is 0.469 e. The van der Waals surface area contributed by atoms with Gasteiger partial charge in [0.25, 0.3) is 0 Å². The lowest BCUT2D eigenvalue weighted by atomic mass is 10.00. The summed E-state index contributed by atoms with van der Waals surface area (Å²) in [6.45, 7) is 1.94. The van der Waals surface area contributed by atoms with Crippen LogP contribution in [0, 0.1) is 5.92 Å². The first-order chi connectivity index (χ1) is 11.6. The van der Waals surface area contributed by atoms with Crippen molar-refractivity contribution in [3.8, 4) is 0 Å². The Balaban J connectivity index is 1.55. The molecule has 1 aromatic rings. The molecular formula is C19H28N2O3. The van der Waals surface area contributed by atoms with E-state index in [9.17, 15) is 9.90 Å². The molecule has 1 N–H and O–H groups in total. The van der Waals surface area contributed by atoms with E-state index in [0.717, 1.165) is 25.9 Å². The Bertz CT molecular complexity index is 543. The number of aliphatic hydroxyl groups excluding tert-OH is 1. The molecule has 0 aromatic heterocycles. The monoisotopic (exact) mass is 332 g/mol. The number of anilines is 1. The van der Waals surface area contributed by atoms with Crippen LogP contribution in [0.1, 0.15) is 25.7 Å². The highest BCUT2D eigenvalue weighted by Crippen LogP contribution is 2.33. The van der Waals surface area contributed by atoms with Gasteiger partial charge in [-0.05, 0) is 37.8 Å². The number of likely N-dealkylation sites (tertiary alicyclic amines) is 1. The molecule has 2 aliphatic rings. The second-order valence-electron chi connectivity index (χ2n) is 7.04. The molecule has 5 nitrogen and oxygen atoms in total. The minimum Gasteiger partial charge on any atom is -0.469 e. The van der Waals surface area contributed by atoms with Gasteiger partial charge in [-0.25, -0.2) is 0 Å². The molecule has 5 heteroatoms. The van der Waals surface area contributed by atoms with Crippen molar-refractivity contribution in [1.82, 2.24) is 4.90 Å². The van der Waals surface area contributed by atoms with E-state index in [1.54, 1.807) is 0 Å². The number of para-hydroxylation sites is 1. The summed E-state index contributed by atoms with van der Waals surface area (Å²) in [5.41, 5.74) is 1.25. The van der Waals surface area contributed by atoms with Gasteiger partial charge in [-0.15, -0.1) is 0 Å². The summed E-state index contributed by atoms with van der Waals surface area (Å²) >= 11 is 0. The Hall–Kier alpha value is -1.59. The Morgan fingerprint density at radius 3 is 2.50 bits per heavy atom. The van der Waals surface area contributed by atoms with E-state index in [1.807, 2.05) is 6.07 Å². The molecule has 1 heterocycles. The van der Waals surface area contributed by atoms with Crippen LogP contribution in [0.3, 0.4) is 0 Å². The number of carbonyl (C=O) groups is 1. The zero-order valence-electron chi connectivity index (χ0n) is 14.6. The highest BCUT2D eigenvalue weighted by atomic mass is 16.5. The predicted octanol–water partition coefficient (Wildman–Crippen LogP) is 1.90. The topological polar surface area (TPSA) is 53.0 Å². The normalized spacial score (nSPS) is 28.7. The first-order valence-corrected chi connectivity index (χ1v) is 8.88. The molecule has 1 saturated carbocycles. The molecule has 0 amide bonds. The predicted molar refractivity (Wildman–Crippen MR) is 94.0 cm³/mol. The summed E-state index contributed by atoms with van der Waals surface area (Å²) in [7, 11) is 3.58. The first-order valence-electron chi connectivity index (χ1n) is 8.88. The lowest BCUT2D eigenvalue weighted by molar-refractivity contribution is -0.145. The van der Waals surface area contributed by atoms with Gasteiger partial charge in [0.05, 0.1) is 19.1 Å². The van der Waals surface area contributed by atoms with Crippen LogP contribution >= 0.6 is 0 Å². The SMILES string of the molecule is COC(=O)[C@H]1C[C@@H](O)[C@@H](N2CCC(N(C)c3ccccc3)CC2)C1. The summed E-state index contributed by atoms with van der Waals surface area (Å²) in [5.74, 6) is -0.338. The minimum atomic E-state index is -0.419. The molecule has 1 aromatic carbocycles. The fraction of sp³-hybridized carbons (Fsp3) is 0.632. The van der Waals surface area contributed by atoms with Crippen LogP contribution in [-0.4, -0.2) is 61.4 Å². The quantitative estimate of drug-likeness (QED) is 0.854. The third-order valence-electron chi connectivity index (χ3n) is 5.71. The number of hydrogen-bond acceptors (Lipinski definition) is 5. The third kappa shape index (κ3) is 3.57. The number of aliphatic hydroxyl groups is 1. The number of benzene rings is 1. The second kappa shape index (κ2) is 7.53. The number of rotatable bonds is 4. The fourth-order valence-corrected chi connectivity index (χ4v) is 4.22. The maximum Gasteiger partial charge on any atom is 0.308 e. The van der Waals surface area contributed by atoms with Gasteiger partial charge in [-0.1, -0.05) is 18.2 Å². The Kier molecular flexibility index (Phi) is 5.41. The smallest absolute Gasteiger partial charge is 0.308 e. The van der Waals surface area contributed by atoms with Crippen LogP contribution in [0.25, 0.3) is 0 Å². The molecule has 1 aliphatic heterocycles. The summed E-state index contributed by atoms with van der Waals surface area (Å²) in [6, 6.07) is 11.1. The van der Waals surface area contributed by atoms with Crippen molar-refractivity contribution in [2.45, 2.75) is 43.9 Å². The molecule has 3 rings (SSSR count). The van der Waals surface area contributed by atoms with Crippen molar-refractivity contribution in [2.75, 3.05) is 32.1 Å². The van der Waals surface area contributed by atoms with E-state index >= 15 is 0 Å². The maximum absolute atomic E-state index is 11.7. The Morgan fingerprint density at radius 2 is 1.88 bits per heavy atom. The molecular weight excluding hydrogens is 304 g/mol. The zero-order valence-corrected chi connectivity index (χ0v) is 14.6. The minimum absolute atomic E-state index is 0.0945. The summed E-state index contributed by atoms with van der Waals surface area (Å²) in [5, 5.41) is 10.3. The van der Waals surface area contributed by atoms with Crippen molar-refractivity contribution in [2.24, 2.45) is 5.92 Å². The van der Waals surface area contributed by atoms with Gasteiger partial charge in [0.2, 0.25) is 0 Å². The number of esters is 1. The van der Waals surface area contributed by atoms with E-state index in [-0.39, 0.29) is 17.9 Å². The van der Waals surface area contributed by atoms with Crippen LogP contribution in [0.4, 0.5) is 5.69 Å². The van der Waals surface area contributed by atoms with Crippen LogP contribution < -0.4 is 4.90 Å². The number of ether oxygens (including phenoxy) is 1. The van der Waals surface area contributed by atoms with Crippen LogP contribution in [0.2, 0.25) is 0 Å². The Morgan fingerprint density at radius 1 is 1.21 bits per heavy atom. The van der Waals surface area contributed by atoms with Gasteiger partial charge < -0.3 is 14.7 Å². The van der Waals surface area contributed by atoms with Gasteiger partial charge in [-0.3, -0.25) is 9.69 Å². The number of methoxy groups -OCH3 is 1. The van der Waals surface area contributed by atoms with Gasteiger partial charge in [0.1, 0.15) is 0 Å². The van der Waals surface area contributed by atoms with E-state index in [1.165, 1.54) is 12.8 Å². The Labute approximate surface area is 144 Å². The average molecular weight is 332 g/mol. The molecule has 0 bridgehead atoms. The molecule has 1 aliphatic carbocycles. The second-order valence-corrected chi connectivity index (χ2v) is 7.04. The van der Waals surface area contributed by atoms with Gasteiger partial charge >= 0.3 is 5.97 Å². The van der Waals surface area contributed by atoms with E-state index in [2.05, 4.69) is 41.1 Å². The van der Waals surface area contributed by atoms with Crippen molar-refractivity contribution in [3.63, 3.8) is 0 Å². The van der Waals surface area contributed by atoms with Crippen molar-refractivity contribution in [3.05, 3.63) is 30.3 Å². The van der Waals surface area contributed by atoms with Crippen molar-refractivity contribution >= 4 is 11.7 Å². The summed E-state index contributed by atoms with van der Waals surface area (Å²) < 4.78 is 4.84. The van der Waals surface area contributed by atoms with Crippen LogP contribution in [0.15, 0.2) is 30.3 Å². The lowest BCUT2D eigenvalue weighted by Gasteiger charge is -2.41. The van der Waals surface area contributed by atoms with Crippen LogP contribution in [0.5, 0.6) is 0 Å². The van der Waals surface area contributed by atoms with E-state index < -0.39 is 6.10 Å². The van der Waals surface area contributed by atoms with Gasteiger partial charge in [0.15, 0.2) is 0 Å². The van der Waals surface area contributed by atoms with Crippen LogP contribution in [-0.2, 0) is 9.53 Å². The van der Waals surface area contributed by atoms with Gasteiger partial charge in [-0.2, -0.15) is 0 Å². The molecule has 132 valence electrons. The summed E-state index contributed by atoms with van der Waals surface area (Å²) in [6.07, 6.45) is 2.99. The average Bonchev–Trinajstić information content (AvgIpc) is 3.03. The lowest BCUT2D eigenvalue weighted by Crippen LogP contribution is -2.49. The van der Waals surface area contributed by atoms with Crippen molar-refractivity contribution in [1.29, 1.82) is 0 Å². The maximum atomic E-state index is 11.7. The highest BCUT2D eigenvalue weighted by Gasteiger charge is 2.41. The first kappa shape index (κ1) is 17.2. The van der Waals surface area contributed by atoms with Gasteiger partial charge in [0, 0.05) is 37.9 Å². The molecule has 24 heavy (non-hydrogen) atoms. The van der Waals surface area contributed by atoms with Crippen molar-refractivity contribution < 1.29 is 14.6 Å². The molecule has 3 atom stereocenters. The molecule has 1 saturated heterocycles. The molecule has 0 radical (unpaired) electrons. The van der Waals surface area contributed by atoms with E-state index in [0.29, 0.717) is 18.9 Å². The number of carbonyl (C=O) groups excluding carboxylic acids is 1. The molecule has 0 spiro atoms. The highest BCUT2D eigenvalue weighted by molar-refractivity contribution is 5.72. The fourth-order valence-electron chi connectivity index (χ4n) is 4.22.